The molecular weight excluding hydrogens is 278 g/mol. The molecule has 0 radical (unpaired) electrons. The Morgan fingerprint density at radius 1 is 1.25 bits per heavy atom. The standard InChI is InChI=1S/C13H19N3O3S/c14-9-7-12(16(8-9)11-1-2-11)13(17)15-10-3-5-20(18,19)6-4-10/h7-8,10-11H,1-6,14H2,(H,15,17). The lowest BCUT2D eigenvalue weighted by Gasteiger charge is -2.23. The lowest BCUT2D eigenvalue weighted by atomic mass is 10.1. The second-order valence-corrected chi connectivity index (χ2v) is 8.00. The minimum absolute atomic E-state index is 0.0604. The van der Waals surface area contributed by atoms with Crippen LogP contribution in [0.25, 0.3) is 0 Å². The van der Waals surface area contributed by atoms with Crippen LogP contribution in [0.5, 0.6) is 0 Å². The number of nitrogens with two attached hydrogens (primary N) is 1. The zero-order valence-corrected chi connectivity index (χ0v) is 12.0. The van der Waals surface area contributed by atoms with Gasteiger partial charge in [0.2, 0.25) is 0 Å². The Labute approximate surface area is 118 Å². The van der Waals surface area contributed by atoms with E-state index in [1.807, 2.05) is 4.57 Å². The van der Waals surface area contributed by atoms with Gasteiger partial charge >= 0.3 is 0 Å². The number of nitrogen functional groups attached to an aromatic ring is 1. The van der Waals surface area contributed by atoms with Crippen LogP contribution in [0.15, 0.2) is 12.3 Å². The number of rotatable bonds is 3. The van der Waals surface area contributed by atoms with Crippen LogP contribution in [0.2, 0.25) is 0 Å². The number of carbonyl (C=O) groups is 1. The summed E-state index contributed by atoms with van der Waals surface area (Å²) in [7, 11) is -2.90. The molecular formula is C13H19N3O3S. The number of anilines is 1. The van der Waals surface area contributed by atoms with Crippen molar-refractivity contribution in [2.24, 2.45) is 0 Å². The first kappa shape index (κ1) is 13.5. The van der Waals surface area contributed by atoms with Gasteiger partial charge in [-0.1, -0.05) is 0 Å². The smallest absolute Gasteiger partial charge is 0.268 e. The predicted molar refractivity (Wildman–Crippen MR) is 76.3 cm³/mol. The van der Waals surface area contributed by atoms with Crippen LogP contribution in [0.4, 0.5) is 5.69 Å². The van der Waals surface area contributed by atoms with Crippen LogP contribution in [0.1, 0.15) is 42.2 Å². The van der Waals surface area contributed by atoms with Gasteiger partial charge in [-0.05, 0) is 31.7 Å². The Morgan fingerprint density at radius 2 is 1.90 bits per heavy atom. The summed E-state index contributed by atoms with van der Waals surface area (Å²) in [5, 5.41) is 2.93. The van der Waals surface area contributed by atoms with E-state index < -0.39 is 9.84 Å². The summed E-state index contributed by atoms with van der Waals surface area (Å²) in [6.07, 6.45) is 4.95. The van der Waals surface area contributed by atoms with E-state index in [9.17, 15) is 13.2 Å². The first-order valence-electron chi connectivity index (χ1n) is 6.93. The van der Waals surface area contributed by atoms with Crippen molar-refractivity contribution in [1.29, 1.82) is 0 Å². The number of carbonyl (C=O) groups excluding carboxylic acids is 1. The number of sulfone groups is 1. The van der Waals surface area contributed by atoms with Crippen molar-refractivity contribution in [2.45, 2.75) is 37.8 Å². The van der Waals surface area contributed by atoms with Gasteiger partial charge < -0.3 is 15.6 Å². The fourth-order valence-electron chi connectivity index (χ4n) is 2.63. The molecule has 0 spiro atoms. The lowest BCUT2D eigenvalue weighted by Crippen LogP contribution is -2.41. The monoisotopic (exact) mass is 297 g/mol. The Bertz CT molecular complexity index is 617. The second kappa shape index (κ2) is 4.80. The zero-order chi connectivity index (χ0) is 14.3. The highest BCUT2D eigenvalue weighted by molar-refractivity contribution is 7.91. The largest absolute Gasteiger partial charge is 0.397 e. The molecule has 6 nitrogen and oxygen atoms in total. The lowest BCUT2D eigenvalue weighted by molar-refractivity contribution is 0.0924. The van der Waals surface area contributed by atoms with Crippen molar-refractivity contribution in [3.05, 3.63) is 18.0 Å². The third-order valence-electron chi connectivity index (χ3n) is 3.93. The van der Waals surface area contributed by atoms with Gasteiger partial charge in [-0.3, -0.25) is 4.79 Å². The summed E-state index contributed by atoms with van der Waals surface area (Å²) in [6.45, 7) is 0. The van der Waals surface area contributed by atoms with Crippen molar-refractivity contribution in [2.75, 3.05) is 17.2 Å². The van der Waals surface area contributed by atoms with Crippen LogP contribution in [-0.4, -0.2) is 36.4 Å². The summed E-state index contributed by atoms with van der Waals surface area (Å²) in [5.41, 5.74) is 6.94. The van der Waals surface area contributed by atoms with Gasteiger partial charge in [0, 0.05) is 18.3 Å². The van der Waals surface area contributed by atoms with Crippen molar-refractivity contribution < 1.29 is 13.2 Å². The first-order chi connectivity index (χ1) is 9.44. The fourth-order valence-corrected chi connectivity index (χ4v) is 4.12. The van der Waals surface area contributed by atoms with Crippen molar-refractivity contribution in [3.63, 3.8) is 0 Å². The van der Waals surface area contributed by atoms with Crippen LogP contribution in [0.3, 0.4) is 0 Å². The van der Waals surface area contributed by atoms with E-state index in [0.717, 1.165) is 12.8 Å². The minimum atomic E-state index is -2.90. The van der Waals surface area contributed by atoms with E-state index >= 15 is 0 Å². The molecule has 0 unspecified atom stereocenters. The molecule has 3 rings (SSSR count). The third-order valence-corrected chi connectivity index (χ3v) is 5.65. The normalized spacial score (nSPS) is 22.6. The fraction of sp³-hybridized carbons (Fsp3) is 0.615. The molecule has 1 amide bonds. The molecule has 1 aliphatic heterocycles. The van der Waals surface area contributed by atoms with Crippen LogP contribution in [0, 0.1) is 0 Å². The highest BCUT2D eigenvalue weighted by Crippen LogP contribution is 2.37. The molecule has 1 saturated carbocycles. The topological polar surface area (TPSA) is 94.2 Å². The summed E-state index contributed by atoms with van der Waals surface area (Å²) >= 11 is 0. The highest BCUT2D eigenvalue weighted by atomic mass is 32.2. The molecule has 3 N–H and O–H groups in total. The molecule has 1 aliphatic carbocycles. The van der Waals surface area contributed by atoms with Gasteiger partial charge in [0.25, 0.3) is 5.91 Å². The number of hydrogen-bond acceptors (Lipinski definition) is 4. The molecule has 7 heteroatoms. The van der Waals surface area contributed by atoms with Gasteiger partial charge in [0.05, 0.1) is 17.2 Å². The van der Waals surface area contributed by atoms with E-state index in [1.165, 1.54) is 0 Å². The summed E-state index contributed by atoms with van der Waals surface area (Å²) in [4.78, 5) is 12.3. The minimum Gasteiger partial charge on any atom is -0.397 e. The Hall–Kier alpha value is -1.50. The molecule has 1 aromatic heterocycles. The van der Waals surface area contributed by atoms with Crippen LogP contribution >= 0.6 is 0 Å². The number of nitrogens with one attached hydrogen (secondary N) is 1. The van der Waals surface area contributed by atoms with E-state index in [4.69, 9.17) is 5.73 Å². The summed E-state index contributed by atoms with van der Waals surface area (Å²) < 4.78 is 24.7. The van der Waals surface area contributed by atoms with Gasteiger partial charge in [0.15, 0.2) is 0 Å². The van der Waals surface area contributed by atoms with Crippen molar-refractivity contribution >= 4 is 21.4 Å². The molecule has 1 aromatic rings. The average molecular weight is 297 g/mol. The van der Waals surface area contributed by atoms with Crippen molar-refractivity contribution in [3.8, 4) is 0 Å². The van der Waals surface area contributed by atoms with E-state index in [2.05, 4.69) is 5.32 Å². The third kappa shape index (κ3) is 2.82. The summed E-state index contributed by atoms with van der Waals surface area (Å²) in [6, 6.07) is 2.02. The van der Waals surface area contributed by atoms with Gasteiger partial charge in [0.1, 0.15) is 15.5 Å². The molecule has 1 saturated heterocycles. The van der Waals surface area contributed by atoms with Gasteiger partial charge in [-0.2, -0.15) is 0 Å². The molecule has 2 aliphatic rings. The predicted octanol–water partition coefficient (Wildman–Crippen LogP) is 0.712. The first-order valence-corrected chi connectivity index (χ1v) is 8.75. The molecule has 20 heavy (non-hydrogen) atoms. The van der Waals surface area contributed by atoms with Crippen LogP contribution in [-0.2, 0) is 9.84 Å². The number of hydrogen-bond donors (Lipinski definition) is 2. The zero-order valence-electron chi connectivity index (χ0n) is 11.2. The van der Waals surface area contributed by atoms with E-state index in [1.54, 1.807) is 12.3 Å². The maximum Gasteiger partial charge on any atom is 0.268 e. The van der Waals surface area contributed by atoms with Gasteiger partial charge in [-0.25, -0.2) is 8.42 Å². The number of aromatic nitrogens is 1. The molecule has 2 heterocycles. The Balaban J connectivity index is 1.68. The molecule has 110 valence electrons. The molecule has 0 atom stereocenters. The maximum absolute atomic E-state index is 12.3. The Morgan fingerprint density at radius 3 is 2.50 bits per heavy atom. The molecule has 0 bridgehead atoms. The highest BCUT2D eigenvalue weighted by Gasteiger charge is 2.29. The average Bonchev–Trinajstić information content (AvgIpc) is 3.15. The van der Waals surface area contributed by atoms with Crippen LogP contribution < -0.4 is 11.1 Å². The number of nitrogens with zero attached hydrogens (tertiary/aromatic N) is 1. The number of amides is 1. The van der Waals surface area contributed by atoms with Gasteiger partial charge in [-0.15, -0.1) is 0 Å². The summed E-state index contributed by atoms with van der Waals surface area (Å²) in [5.74, 6) is 0.158. The Kier molecular flexibility index (Phi) is 3.24. The SMILES string of the molecule is Nc1cc(C(=O)NC2CCS(=O)(=O)CC2)n(C2CC2)c1. The molecule has 0 aromatic carbocycles. The second-order valence-electron chi connectivity index (χ2n) is 5.70. The van der Waals surface area contributed by atoms with E-state index in [-0.39, 0.29) is 23.5 Å². The van der Waals surface area contributed by atoms with Crippen molar-refractivity contribution in [1.82, 2.24) is 9.88 Å². The quantitative estimate of drug-likeness (QED) is 0.859. The van der Waals surface area contributed by atoms with E-state index in [0.29, 0.717) is 30.3 Å². The molecule has 2 fully saturated rings. The maximum atomic E-state index is 12.3.